The summed E-state index contributed by atoms with van der Waals surface area (Å²) in [5.74, 6) is 0.367. The normalized spacial score (nSPS) is 20.0. The summed E-state index contributed by atoms with van der Waals surface area (Å²) in [6, 6.07) is 0. The molecule has 23 heavy (non-hydrogen) atoms. The molecule has 0 aliphatic heterocycles. The van der Waals surface area contributed by atoms with Crippen molar-refractivity contribution in [3.05, 3.63) is 44.9 Å². The highest BCUT2D eigenvalue weighted by Crippen LogP contribution is 2.41. The Bertz CT molecular complexity index is 612. The van der Waals surface area contributed by atoms with Crippen molar-refractivity contribution in [3.63, 3.8) is 0 Å². The van der Waals surface area contributed by atoms with E-state index in [-0.39, 0.29) is 0 Å². The van der Waals surface area contributed by atoms with E-state index in [1.165, 1.54) is 18.0 Å². The van der Waals surface area contributed by atoms with Crippen molar-refractivity contribution < 1.29 is 4.79 Å². The number of nitrogens with two attached hydrogens (primary N) is 1. The van der Waals surface area contributed by atoms with Gasteiger partial charge in [-0.3, -0.25) is 4.79 Å². The van der Waals surface area contributed by atoms with Crippen LogP contribution >= 0.6 is 11.8 Å². The Morgan fingerprint density at radius 2 is 2.17 bits per heavy atom. The summed E-state index contributed by atoms with van der Waals surface area (Å²) in [4.78, 5) is 13.4. The number of hydrogen-bond acceptors (Lipinski definition) is 5. The van der Waals surface area contributed by atoms with Gasteiger partial charge in [-0.05, 0) is 49.8 Å². The van der Waals surface area contributed by atoms with Gasteiger partial charge in [0.1, 0.15) is 6.29 Å². The van der Waals surface area contributed by atoms with Crippen LogP contribution in [0.5, 0.6) is 0 Å². The molecule has 1 aliphatic rings. The van der Waals surface area contributed by atoms with Crippen LogP contribution in [0.2, 0.25) is 0 Å². The van der Waals surface area contributed by atoms with E-state index < -0.39 is 0 Å². The quantitative estimate of drug-likeness (QED) is 0.478. The SMILES string of the molecule is C/C=C(\CC(=N)/C=C\N)SC1=C(C)C(C)CCC(C=O)=C1C=N. The first-order chi connectivity index (χ1) is 11.0. The molecule has 0 aromatic heterocycles. The Morgan fingerprint density at radius 3 is 2.70 bits per heavy atom. The lowest BCUT2D eigenvalue weighted by atomic mass is 9.98. The summed E-state index contributed by atoms with van der Waals surface area (Å²) < 4.78 is 0. The lowest BCUT2D eigenvalue weighted by molar-refractivity contribution is -0.105. The first kappa shape index (κ1) is 19.2. The molecule has 0 bridgehead atoms. The van der Waals surface area contributed by atoms with Crippen molar-refractivity contribution in [1.82, 2.24) is 0 Å². The molecule has 4 N–H and O–H groups in total. The minimum Gasteiger partial charge on any atom is -0.405 e. The molecule has 0 radical (unpaired) electrons. The molecule has 0 fully saturated rings. The maximum absolute atomic E-state index is 11.4. The average molecular weight is 331 g/mol. The van der Waals surface area contributed by atoms with E-state index in [9.17, 15) is 4.79 Å². The van der Waals surface area contributed by atoms with E-state index in [0.717, 1.165) is 22.5 Å². The maximum atomic E-state index is 11.4. The molecular weight excluding hydrogens is 306 g/mol. The summed E-state index contributed by atoms with van der Waals surface area (Å²) in [5, 5.41) is 15.6. The van der Waals surface area contributed by atoms with Crippen LogP contribution in [0.3, 0.4) is 0 Å². The number of hydrogen-bond donors (Lipinski definition) is 3. The molecule has 1 rings (SSSR count). The van der Waals surface area contributed by atoms with Gasteiger partial charge in [-0.15, -0.1) is 0 Å². The van der Waals surface area contributed by atoms with Gasteiger partial charge >= 0.3 is 0 Å². The Hall–Kier alpha value is -1.88. The highest BCUT2D eigenvalue weighted by molar-refractivity contribution is 8.07. The van der Waals surface area contributed by atoms with Crippen molar-refractivity contribution in [3.8, 4) is 0 Å². The van der Waals surface area contributed by atoms with E-state index >= 15 is 0 Å². The van der Waals surface area contributed by atoms with Gasteiger partial charge in [0.05, 0.1) is 0 Å². The van der Waals surface area contributed by atoms with Gasteiger partial charge in [0.25, 0.3) is 0 Å². The lowest BCUT2D eigenvalue weighted by Crippen LogP contribution is -2.01. The van der Waals surface area contributed by atoms with Crippen LogP contribution in [0, 0.1) is 16.7 Å². The van der Waals surface area contributed by atoms with Crippen LogP contribution in [-0.2, 0) is 4.79 Å². The topological polar surface area (TPSA) is 90.8 Å². The third kappa shape index (κ3) is 5.06. The molecule has 0 saturated heterocycles. The minimum atomic E-state index is 0.367. The summed E-state index contributed by atoms with van der Waals surface area (Å²) in [7, 11) is 0. The Kier molecular flexibility index (Phi) is 7.75. The van der Waals surface area contributed by atoms with Crippen LogP contribution in [0.4, 0.5) is 0 Å². The van der Waals surface area contributed by atoms with E-state index in [1.807, 2.05) is 13.0 Å². The number of aldehydes is 1. The first-order valence-electron chi connectivity index (χ1n) is 7.67. The van der Waals surface area contributed by atoms with Crippen molar-refractivity contribution >= 4 is 30.0 Å². The molecule has 1 atom stereocenters. The second kappa shape index (κ2) is 9.30. The maximum Gasteiger partial charge on any atom is 0.146 e. The van der Waals surface area contributed by atoms with Crippen molar-refractivity contribution in [2.24, 2.45) is 11.7 Å². The zero-order valence-electron chi connectivity index (χ0n) is 14.0. The molecule has 124 valence electrons. The monoisotopic (exact) mass is 331 g/mol. The zero-order valence-corrected chi connectivity index (χ0v) is 14.8. The smallest absolute Gasteiger partial charge is 0.146 e. The van der Waals surface area contributed by atoms with Crippen LogP contribution in [0.1, 0.15) is 40.0 Å². The fourth-order valence-electron chi connectivity index (χ4n) is 2.41. The Morgan fingerprint density at radius 1 is 1.48 bits per heavy atom. The highest BCUT2D eigenvalue weighted by Gasteiger charge is 2.22. The molecule has 0 heterocycles. The third-order valence-electron chi connectivity index (χ3n) is 4.04. The largest absolute Gasteiger partial charge is 0.405 e. The third-order valence-corrected chi connectivity index (χ3v) is 5.43. The van der Waals surface area contributed by atoms with Crippen molar-refractivity contribution in [2.75, 3.05) is 0 Å². The predicted octanol–water partition coefficient (Wildman–Crippen LogP) is 4.35. The van der Waals surface area contributed by atoms with Gasteiger partial charge < -0.3 is 16.6 Å². The molecule has 4 nitrogen and oxygen atoms in total. The molecule has 0 amide bonds. The predicted molar refractivity (Wildman–Crippen MR) is 100.0 cm³/mol. The number of carbonyl (C=O) groups is 1. The Labute approximate surface area is 142 Å². The standard InChI is InChI=1S/C18H25N3OS/c1-4-16(9-15(21)7-8-19)23-18-13(3)12(2)5-6-14(11-22)17(18)10-20/h4,7-8,10-12,20-21H,5-6,9,19H2,1-3H3/b8-7-,16-4+,20-10?,21-15?. The first-order valence-corrected chi connectivity index (χ1v) is 8.48. The molecule has 1 aliphatic carbocycles. The molecule has 5 heteroatoms. The second-order valence-electron chi connectivity index (χ2n) is 5.57. The molecule has 0 aromatic rings. The van der Waals surface area contributed by atoms with Gasteiger partial charge in [0, 0.05) is 34.4 Å². The van der Waals surface area contributed by atoms with Gasteiger partial charge in [-0.1, -0.05) is 30.3 Å². The molecule has 0 spiro atoms. The van der Waals surface area contributed by atoms with E-state index in [1.54, 1.807) is 17.8 Å². The summed E-state index contributed by atoms with van der Waals surface area (Å²) >= 11 is 1.55. The lowest BCUT2D eigenvalue weighted by Gasteiger charge is -2.16. The van der Waals surface area contributed by atoms with E-state index in [2.05, 4.69) is 13.8 Å². The van der Waals surface area contributed by atoms with Crippen LogP contribution in [0.25, 0.3) is 0 Å². The van der Waals surface area contributed by atoms with Gasteiger partial charge in [0.2, 0.25) is 0 Å². The number of allylic oxidation sites excluding steroid dienone is 6. The average Bonchev–Trinajstić information content (AvgIpc) is 2.65. The van der Waals surface area contributed by atoms with Crippen LogP contribution in [0.15, 0.2) is 44.9 Å². The fourth-order valence-corrected chi connectivity index (χ4v) is 3.68. The molecular formula is C18H25N3OS. The van der Waals surface area contributed by atoms with Crippen LogP contribution in [-0.4, -0.2) is 18.2 Å². The summed E-state index contributed by atoms with van der Waals surface area (Å²) in [6.45, 7) is 6.16. The summed E-state index contributed by atoms with van der Waals surface area (Å²) in [5.41, 5.74) is 8.38. The number of rotatable bonds is 7. The minimum absolute atomic E-state index is 0.367. The van der Waals surface area contributed by atoms with Crippen molar-refractivity contribution in [1.29, 1.82) is 10.8 Å². The highest BCUT2D eigenvalue weighted by atomic mass is 32.2. The van der Waals surface area contributed by atoms with E-state index in [4.69, 9.17) is 16.6 Å². The number of nitrogens with one attached hydrogen (secondary N) is 2. The zero-order chi connectivity index (χ0) is 17.4. The Balaban J connectivity index is 3.21. The summed E-state index contributed by atoms with van der Waals surface area (Å²) in [6.07, 6.45) is 9.18. The molecule has 0 saturated carbocycles. The van der Waals surface area contributed by atoms with Crippen molar-refractivity contribution in [2.45, 2.75) is 40.0 Å². The van der Waals surface area contributed by atoms with Gasteiger partial charge in [-0.25, -0.2) is 0 Å². The van der Waals surface area contributed by atoms with E-state index in [0.29, 0.717) is 35.6 Å². The molecule has 1 unspecified atom stereocenters. The number of thioether (sulfide) groups is 1. The van der Waals surface area contributed by atoms with Crippen LogP contribution < -0.4 is 5.73 Å². The molecule has 0 aromatic carbocycles. The van der Waals surface area contributed by atoms with Gasteiger partial charge in [0.15, 0.2) is 0 Å². The number of carbonyl (C=O) groups excluding carboxylic acids is 1. The fraction of sp³-hybridized carbons (Fsp3) is 0.389. The second-order valence-corrected chi connectivity index (χ2v) is 6.71. The van der Waals surface area contributed by atoms with Gasteiger partial charge in [-0.2, -0.15) is 0 Å².